The number of likely N-dealkylation sites (tertiary alicyclic amines) is 1. The number of piperidine rings is 1. The maximum atomic E-state index is 13.1. The predicted molar refractivity (Wildman–Crippen MR) is 137 cm³/mol. The van der Waals surface area contributed by atoms with Gasteiger partial charge < -0.3 is 10.1 Å². The van der Waals surface area contributed by atoms with Gasteiger partial charge in [0, 0.05) is 31.2 Å². The fourth-order valence-electron chi connectivity index (χ4n) is 5.11. The number of benzene rings is 2. The van der Waals surface area contributed by atoms with Crippen molar-refractivity contribution < 1.29 is 17.9 Å². The van der Waals surface area contributed by atoms with E-state index in [1.165, 1.54) is 24.5 Å². The summed E-state index contributed by atoms with van der Waals surface area (Å²) in [6.45, 7) is 6.03. The van der Waals surface area contributed by atoms with Crippen molar-refractivity contribution in [2.24, 2.45) is 5.92 Å². The van der Waals surface area contributed by atoms with Gasteiger partial charge in [-0.2, -0.15) is 4.31 Å². The Morgan fingerprint density at radius 3 is 2.51 bits per heavy atom. The molecule has 2 aromatic carbocycles. The molecular weight excluding hydrogens is 462 g/mol. The average molecular weight is 500 g/mol. The highest BCUT2D eigenvalue weighted by Crippen LogP contribution is 2.27. The molecule has 0 amide bonds. The van der Waals surface area contributed by atoms with Crippen molar-refractivity contribution in [1.82, 2.24) is 14.5 Å². The number of nitrogens with zero attached hydrogens (tertiary/aromatic N) is 2. The minimum atomic E-state index is -3.59. The van der Waals surface area contributed by atoms with Crippen LogP contribution in [0.5, 0.6) is 5.75 Å². The fraction of sp³-hybridized carbons (Fsp3) is 0.519. The lowest BCUT2D eigenvalue weighted by atomic mass is 10.0. The zero-order valence-corrected chi connectivity index (χ0v) is 21.6. The molecule has 0 saturated carbocycles. The van der Waals surface area contributed by atoms with Crippen molar-refractivity contribution in [3.63, 3.8) is 0 Å². The Hall–Kier alpha value is -2.26. The first-order chi connectivity index (χ1) is 16.9. The number of ketones is 1. The van der Waals surface area contributed by atoms with Crippen molar-refractivity contribution in [3.8, 4) is 5.75 Å². The Kier molecular flexibility index (Phi) is 8.59. The number of hydrogen-bond acceptors (Lipinski definition) is 6. The molecule has 2 aliphatic rings. The number of carbonyl (C=O) groups excluding carboxylic acids is 1. The first kappa shape index (κ1) is 25.8. The molecule has 2 fully saturated rings. The van der Waals surface area contributed by atoms with Gasteiger partial charge in [0.25, 0.3) is 0 Å². The number of hydrogen-bond donors (Lipinski definition) is 1. The first-order valence-electron chi connectivity index (χ1n) is 12.6. The Bertz CT molecular complexity index is 1100. The second-order valence-corrected chi connectivity index (χ2v) is 11.7. The number of rotatable bonds is 10. The molecule has 8 heteroatoms. The minimum absolute atomic E-state index is 0.107. The number of methoxy groups -OCH3 is 1. The summed E-state index contributed by atoms with van der Waals surface area (Å²) in [5.41, 5.74) is 1.61. The Morgan fingerprint density at radius 2 is 1.83 bits per heavy atom. The van der Waals surface area contributed by atoms with E-state index in [0.717, 1.165) is 31.7 Å². The number of carbonyl (C=O) groups is 1. The lowest BCUT2D eigenvalue weighted by Gasteiger charge is -2.30. The molecule has 2 aliphatic heterocycles. The summed E-state index contributed by atoms with van der Waals surface area (Å²) < 4.78 is 33.1. The maximum absolute atomic E-state index is 13.1. The molecule has 35 heavy (non-hydrogen) atoms. The molecule has 2 aromatic rings. The van der Waals surface area contributed by atoms with E-state index >= 15 is 0 Å². The van der Waals surface area contributed by atoms with Gasteiger partial charge in [-0.3, -0.25) is 9.69 Å². The molecule has 0 aliphatic carbocycles. The monoisotopic (exact) mass is 499 g/mol. The molecule has 0 aromatic heterocycles. The number of ether oxygens (including phenoxy) is 1. The highest BCUT2D eigenvalue weighted by Gasteiger charge is 2.29. The van der Waals surface area contributed by atoms with E-state index in [-0.39, 0.29) is 23.3 Å². The van der Waals surface area contributed by atoms with Crippen LogP contribution in [-0.2, 0) is 10.0 Å². The first-order valence-corrected chi connectivity index (χ1v) is 14.0. The van der Waals surface area contributed by atoms with Gasteiger partial charge in [-0.1, -0.05) is 31.2 Å². The zero-order chi connectivity index (χ0) is 24.8. The van der Waals surface area contributed by atoms with E-state index < -0.39 is 10.0 Å². The van der Waals surface area contributed by atoms with Crippen LogP contribution in [0.4, 0.5) is 0 Å². The van der Waals surface area contributed by atoms with Crippen LogP contribution >= 0.6 is 0 Å². The van der Waals surface area contributed by atoms with Crippen LogP contribution in [0.1, 0.15) is 54.6 Å². The second kappa shape index (κ2) is 11.6. The van der Waals surface area contributed by atoms with Gasteiger partial charge >= 0.3 is 0 Å². The lowest BCUT2D eigenvalue weighted by molar-refractivity contribution is 0.0987. The standard InChI is InChI=1S/C27H37N3O4S/c1-21-7-6-16-30(20-21)35(32,33)25-9-5-8-23(17-25)27(31)19-28-18-26(29-14-3-4-15-29)22-10-12-24(34-2)13-11-22/h5,8-13,17,21,26,28H,3-4,6-7,14-16,18-20H2,1-2H3. The topological polar surface area (TPSA) is 78.9 Å². The summed E-state index contributed by atoms with van der Waals surface area (Å²) >= 11 is 0. The molecule has 7 nitrogen and oxygen atoms in total. The molecule has 0 bridgehead atoms. The molecule has 0 radical (unpaired) electrons. The molecule has 190 valence electrons. The molecule has 2 unspecified atom stereocenters. The maximum Gasteiger partial charge on any atom is 0.243 e. The highest BCUT2D eigenvalue weighted by atomic mass is 32.2. The Morgan fingerprint density at radius 1 is 1.09 bits per heavy atom. The van der Waals surface area contributed by atoms with Crippen LogP contribution in [0.15, 0.2) is 53.4 Å². The third-order valence-electron chi connectivity index (χ3n) is 7.12. The summed E-state index contributed by atoms with van der Waals surface area (Å²) in [6, 6.07) is 14.8. The van der Waals surface area contributed by atoms with Gasteiger partial charge in [-0.25, -0.2) is 8.42 Å². The second-order valence-electron chi connectivity index (χ2n) is 9.72. The number of Topliss-reactive ketones (excluding diaryl/α,β-unsaturated/α-hetero) is 1. The molecule has 2 heterocycles. The van der Waals surface area contributed by atoms with Gasteiger partial charge in [-0.15, -0.1) is 0 Å². The molecule has 4 rings (SSSR count). The van der Waals surface area contributed by atoms with Gasteiger partial charge in [-0.05, 0) is 74.5 Å². The summed E-state index contributed by atoms with van der Waals surface area (Å²) in [5.74, 6) is 1.07. The van der Waals surface area contributed by atoms with E-state index in [1.54, 1.807) is 29.6 Å². The third kappa shape index (κ3) is 6.30. The quantitative estimate of drug-likeness (QED) is 0.502. The highest BCUT2D eigenvalue weighted by molar-refractivity contribution is 7.89. The van der Waals surface area contributed by atoms with E-state index in [1.807, 2.05) is 12.1 Å². The van der Waals surface area contributed by atoms with Gasteiger partial charge in [0.05, 0.1) is 18.6 Å². The van der Waals surface area contributed by atoms with E-state index in [9.17, 15) is 13.2 Å². The van der Waals surface area contributed by atoms with Crippen molar-refractivity contribution in [3.05, 3.63) is 59.7 Å². The van der Waals surface area contributed by atoms with Crippen molar-refractivity contribution in [2.75, 3.05) is 46.4 Å². The van der Waals surface area contributed by atoms with E-state index in [2.05, 4.69) is 29.3 Å². The fourth-order valence-corrected chi connectivity index (χ4v) is 6.75. The average Bonchev–Trinajstić information content (AvgIpc) is 3.41. The third-order valence-corrected chi connectivity index (χ3v) is 8.98. The molecular formula is C27H37N3O4S. The Balaban J connectivity index is 1.41. The van der Waals surface area contributed by atoms with E-state index in [4.69, 9.17) is 4.74 Å². The predicted octanol–water partition coefficient (Wildman–Crippen LogP) is 3.73. The van der Waals surface area contributed by atoms with Crippen LogP contribution in [0, 0.1) is 5.92 Å². The molecule has 2 saturated heterocycles. The number of nitrogens with one attached hydrogen (secondary N) is 1. The van der Waals surface area contributed by atoms with Crippen molar-refractivity contribution >= 4 is 15.8 Å². The van der Waals surface area contributed by atoms with E-state index in [0.29, 0.717) is 31.1 Å². The zero-order valence-electron chi connectivity index (χ0n) is 20.8. The van der Waals surface area contributed by atoms with Crippen LogP contribution in [0.25, 0.3) is 0 Å². The van der Waals surface area contributed by atoms with Gasteiger partial charge in [0.15, 0.2) is 5.78 Å². The SMILES string of the molecule is COc1ccc(C(CNCC(=O)c2cccc(S(=O)(=O)N3CCCC(C)C3)c2)N2CCCC2)cc1. The lowest BCUT2D eigenvalue weighted by Crippen LogP contribution is -2.39. The van der Waals surface area contributed by atoms with Gasteiger partial charge in [0.1, 0.15) is 5.75 Å². The summed E-state index contributed by atoms with van der Waals surface area (Å²) in [4.78, 5) is 15.6. The van der Waals surface area contributed by atoms with Crippen LogP contribution in [0.3, 0.4) is 0 Å². The summed E-state index contributed by atoms with van der Waals surface area (Å²) in [7, 11) is -1.93. The van der Waals surface area contributed by atoms with Crippen molar-refractivity contribution in [2.45, 2.75) is 43.5 Å². The number of sulfonamides is 1. The van der Waals surface area contributed by atoms with Crippen molar-refractivity contribution in [1.29, 1.82) is 0 Å². The van der Waals surface area contributed by atoms with Crippen LogP contribution in [0.2, 0.25) is 0 Å². The summed E-state index contributed by atoms with van der Waals surface area (Å²) in [6.07, 6.45) is 4.28. The summed E-state index contributed by atoms with van der Waals surface area (Å²) in [5, 5.41) is 3.33. The van der Waals surface area contributed by atoms with Crippen LogP contribution in [-0.4, -0.2) is 69.8 Å². The smallest absolute Gasteiger partial charge is 0.243 e. The Labute approximate surface area is 209 Å². The molecule has 2 atom stereocenters. The van der Waals surface area contributed by atoms with Gasteiger partial charge in [0.2, 0.25) is 10.0 Å². The largest absolute Gasteiger partial charge is 0.497 e. The molecule has 1 N–H and O–H groups in total. The minimum Gasteiger partial charge on any atom is -0.497 e. The van der Waals surface area contributed by atoms with Crippen LogP contribution < -0.4 is 10.1 Å². The normalized spacial score (nSPS) is 20.6. The molecule has 0 spiro atoms.